The van der Waals surface area contributed by atoms with E-state index < -0.39 is 5.92 Å². The summed E-state index contributed by atoms with van der Waals surface area (Å²) in [6.45, 7) is 0. The molecule has 0 amide bonds. The standard InChI is InChI=1S/C24H18FNO2/c1-28-24-19(21(15-27)16-6-3-2-4-7-16)12-13-23(26-24)18-11-10-17-8-5-9-22(25)20(17)14-18/h2-15,21H,1H3. The lowest BCUT2D eigenvalue weighted by molar-refractivity contribution is -0.108. The molecule has 0 aliphatic rings. The van der Waals surface area contributed by atoms with Gasteiger partial charge >= 0.3 is 0 Å². The number of hydrogen-bond donors (Lipinski definition) is 0. The second kappa shape index (κ2) is 7.61. The van der Waals surface area contributed by atoms with E-state index in [9.17, 15) is 9.18 Å². The summed E-state index contributed by atoms with van der Waals surface area (Å²) in [5.74, 6) is -0.355. The zero-order valence-corrected chi connectivity index (χ0v) is 15.3. The Hall–Kier alpha value is -3.53. The molecule has 0 aliphatic carbocycles. The molecule has 1 aromatic heterocycles. The van der Waals surface area contributed by atoms with Crippen LogP contribution in [0.3, 0.4) is 0 Å². The van der Waals surface area contributed by atoms with Crippen LogP contribution in [0.25, 0.3) is 22.0 Å². The van der Waals surface area contributed by atoms with E-state index in [0.717, 1.165) is 22.8 Å². The van der Waals surface area contributed by atoms with E-state index in [4.69, 9.17) is 4.74 Å². The highest BCUT2D eigenvalue weighted by molar-refractivity contribution is 5.87. The van der Waals surface area contributed by atoms with Crippen LogP contribution in [0.1, 0.15) is 17.0 Å². The van der Waals surface area contributed by atoms with Gasteiger partial charge < -0.3 is 9.53 Å². The second-order valence-electron chi connectivity index (χ2n) is 6.50. The van der Waals surface area contributed by atoms with Gasteiger partial charge in [0.2, 0.25) is 5.88 Å². The van der Waals surface area contributed by atoms with Gasteiger partial charge in [-0.25, -0.2) is 9.37 Å². The lowest BCUT2D eigenvalue weighted by Crippen LogP contribution is -2.06. The number of carbonyl (C=O) groups excluding carboxylic acids is 1. The molecule has 0 bridgehead atoms. The second-order valence-corrected chi connectivity index (χ2v) is 6.50. The van der Waals surface area contributed by atoms with Crippen LogP contribution in [-0.4, -0.2) is 18.4 Å². The van der Waals surface area contributed by atoms with Crippen molar-refractivity contribution in [2.24, 2.45) is 0 Å². The van der Waals surface area contributed by atoms with Crippen molar-refractivity contribution in [1.82, 2.24) is 4.98 Å². The molecule has 0 saturated heterocycles. The zero-order chi connectivity index (χ0) is 19.5. The van der Waals surface area contributed by atoms with Gasteiger partial charge in [0.25, 0.3) is 0 Å². The molecule has 0 radical (unpaired) electrons. The summed E-state index contributed by atoms with van der Waals surface area (Å²) in [5, 5.41) is 1.37. The van der Waals surface area contributed by atoms with E-state index in [-0.39, 0.29) is 5.82 Å². The molecule has 1 heterocycles. The molecule has 0 fully saturated rings. The Bertz CT molecular complexity index is 1140. The highest BCUT2D eigenvalue weighted by Crippen LogP contribution is 2.32. The third-order valence-corrected chi connectivity index (χ3v) is 4.84. The van der Waals surface area contributed by atoms with E-state index in [2.05, 4.69) is 4.98 Å². The number of rotatable bonds is 5. The Kier molecular flexibility index (Phi) is 4.85. The van der Waals surface area contributed by atoms with Crippen LogP contribution in [0.4, 0.5) is 4.39 Å². The minimum Gasteiger partial charge on any atom is -0.481 e. The van der Waals surface area contributed by atoms with Crippen LogP contribution >= 0.6 is 0 Å². The third kappa shape index (κ3) is 3.25. The molecule has 138 valence electrons. The average Bonchev–Trinajstić information content (AvgIpc) is 2.75. The average molecular weight is 371 g/mol. The number of carbonyl (C=O) groups is 1. The minimum absolute atomic E-state index is 0.270. The molecule has 28 heavy (non-hydrogen) atoms. The molecule has 4 heteroatoms. The largest absolute Gasteiger partial charge is 0.481 e. The molecule has 0 spiro atoms. The van der Waals surface area contributed by atoms with E-state index >= 15 is 0 Å². The number of methoxy groups -OCH3 is 1. The summed E-state index contributed by atoms with van der Waals surface area (Å²) in [6.07, 6.45) is 0.889. The van der Waals surface area contributed by atoms with Crippen molar-refractivity contribution in [2.75, 3.05) is 7.11 Å². The maximum atomic E-state index is 14.1. The molecule has 4 aromatic rings. The Morgan fingerprint density at radius 2 is 1.79 bits per heavy atom. The number of halogens is 1. The summed E-state index contributed by atoms with van der Waals surface area (Å²) >= 11 is 0. The van der Waals surface area contributed by atoms with Crippen molar-refractivity contribution < 1.29 is 13.9 Å². The van der Waals surface area contributed by atoms with E-state index in [1.807, 2.05) is 60.7 Å². The molecule has 4 rings (SSSR count). The number of benzene rings is 3. The molecule has 1 unspecified atom stereocenters. The number of hydrogen-bond acceptors (Lipinski definition) is 3. The van der Waals surface area contributed by atoms with Crippen molar-refractivity contribution in [3.8, 4) is 17.1 Å². The number of fused-ring (bicyclic) bond motifs is 1. The third-order valence-electron chi connectivity index (χ3n) is 4.84. The zero-order valence-electron chi connectivity index (χ0n) is 15.3. The lowest BCUT2D eigenvalue weighted by Gasteiger charge is -2.15. The summed E-state index contributed by atoms with van der Waals surface area (Å²) in [7, 11) is 1.53. The molecule has 0 saturated carbocycles. The van der Waals surface area contributed by atoms with E-state index in [1.165, 1.54) is 13.2 Å². The SMILES string of the molecule is COc1nc(-c2ccc3cccc(F)c3c2)ccc1C(C=O)c1ccccc1. The maximum absolute atomic E-state index is 14.1. The molecule has 3 aromatic carbocycles. The smallest absolute Gasteiger partial charge is 0.217 e. The Balaban J connectivity index is 1.79. The van der Waals surface area contributed by atoms with Gasteiger partial charge in [0.05, 0.1) is 18.7 Å². The predicted molar refractivity (Wildman–Crippen MR) is 108 cm³/mol. The van der Waals surface area contributed by atoms with Crippen molar-refractivity contribution >= 4 is 17.1 Å². The van der Waals surface area contributed by atoms with Gasteiger partial charge in [0.15, 0.2) is 0 Å². The van der Waals surface area contributed by atoms with Crippen LogP contribution in [0.5, 0.6) is 5.88 Å². The lowest BCUT2D eigenvalue weighted by atomic mass is 9.93. The van der Waals surface area contributed by atoms with Crippen LogP contribution in [0, 0.1) is 5.82 Å². The van der Waals surface area contributed by atoms with Crippen molar-refractivity contribution in [1.29, 1.82) is 0 Å². The monoisotopic (exact) mass is 371 g/mol. The first-order chi connectivity index (χ1) is 13.7. The van der Waals surface area contributed by atoms with Crippen molar-refractivity contribution in [3.05, 3.63) is 95.8 Å². The van der Waals surface area contributed by atoms with Gasteiger partial charge in [-0.1, -0.05) is 60.7 Å². The Morgan fingerprint density at radius 3 is 2.54 bits per heavy atom. The number of nitrogens with zero attached hydrogens (tertiary/aromatic N) is 1. The number of aromatic nitrogens is 1. The van der Waals surface area contributed by atoms with Crippen LogP contribution in [-0.2, 0) is 4.79 Å². The van der Waals surface area contributed by atoms with Crippen LogP contribution in [0.2, 0.25) is 0 Å². The summed E-state index contributed by atoms with van der Waals surface area (Å²) in [5.41, 5.74) is 3.01. The number of aldehydes is 1. The van der Waals surface area contributed by atoms with Gasteiger partial charge in [-0.05, 0) is 29.1 Å². The number of ether oxygens (including phenoxy) is 1. The Labute approximate surface area is 162 Å². The molecule has 0 aliphatic heterocycles. The fraction of sp³-hybridized carbons (Fsp3) is 0.0833. The van der Waals surface area contributed by atoms with Crippen molar-refractivity contribution in [2.45, 2.75) is 5.92 Å². The van der Waals surface area contributed by atoms with Crippen LogP contribution < -0.4 is 4.74 Å². The first kappa shape index (κ1) is 17.9. The van der Waals surface area contributed by atoms with E-state index in [1.54, 1.807) is 12.1 Å². The van der Waals surface area contributed by atoms with Gasteiger partial charge in [-0.2, -0.15) is 0 Å². The first-order valence-electron chi connectivity index (χ1n) is 8.95. The van der Waals surface area contributed by atoms with Crippen LogP contribution in [0.15, 0.2) is 78.9 Å². The van der Waals surface area contributed by atoms with Gasteiger partial charge in [0.1, 0.15) is 12.1 Å². The quantitative estimate of drug-likeness (QED) is 0.442. The predicted octanol–water partition coefficient (Wildman–Crippen LogP) is 5.38. The van der Waals surface area contributed by atoms with Crippen molar-refractivity contribution in [3.63, 3.8) is 0 Å². The molecule has 3 nitrogen and oxygen atoms in total. The number of pyridine rings is 1. The topological polar surface area (TPSA) is 39.2 Å². The summed E-state index contributed by atoms with van der Waals surface area (Å²) in [4.78, 5) is 16.4. The van der Waals surface area contributed by atoms with Gasteiger partial charge in [-0.3, -0.25) is 0 Å². The fourth-order valence-electron chi connectivity index (χ4n) is 3.40. The normalized spacial score (nSPS) is 11.9. The fourth-order valence-corrected chi connectivity index (χ4v) is 3.40. The first-order valence-corrected chi connectivity index (χ1v) is 8.95. The molecular weight excluding hydrogens is 353 g/mol. The molecular formula is C24H18FNO2. The van der Waals surface area contributed by atoms with Gasteiger partial charge in [0, 0.05) is 16.5 Å². The molecule has 0 N–H and O–H groups in total. The minimum atomic E-state index is -0.466. The maximum Gasteiger partial charge on any atom is 0.217 e. The Morgan fingerprint density at radius 1 is 0.964 bits per heavy atom. The molecule has 1 atom stereocenters. The van der Waals surface area contributed by atoms with E-state index in [0.29, 0.717) is 22.5 Å². The van der Waals surface area contributed by atoms with Gasteiger partial charge in [-0.15, -0.1) is 0 Å². The summed E-state index contributed by atoms with van der Waals surface area (Å²) < 4.78 is 19.6. The summed E-state index contributed by atoms with van der Waals surface area (Å²) in [6, 6.07) is 23.7. The highest BCUT2D eigenvalue weighted by atomic mass is 19.1. The highest BCUT2D eigenvalue weighted by Gasteiger charge is 2.19.